The molecular formula is C12H10F4N2O2S2. The van der Waals surface area contributed by atoms with E-state index in [-0.39, 0.29) is 5.04 Å². The number of alkyl halides is 3. The lowest BCUT2D eigenvalue weighted by Gasteiger charge is -2.10. The fraction of sp³-hybridized carbons (Fsp3) is 0.333. The van der Waals surface area contributed by atoms with E-state index in [1.54, 1.807) is 0 Å². The second-order valence-electron chi connectivity index (χ2n) is 4.19. The Labute approximate surface area is 128 Å². The van der Waals surface area contributed by atoms with E-state index < -0.39 is 38.3 Å². The predicted octanol–water partition coefficient (Wildman–Crippen LogP) is 3.17. The first-order chi connectivity index (χ1) is 9.98. The molecule has 1 atom stereocenters. The van der Waals surface area contributed by atoms with Gasteiger partial charge in [0.25, 0.3) is 0 Å². The summed E-state index contributed by atoms with van der Waals surface area (Å²) in [5.41, 5.74) is -1.67. The van der Waals surface area contributed by atoms with Gasteiger partial charge in [0.15, 0.2) is 15.1 Å². The van der Waals surface area contributed by atoms with E-state index in [0.29, 0.717) is 12.1 Å². The van der Waals surface area contributed by atoms with Gasteiger partial charge in [0.05, 0.1) is 17.3 Å². The largest absolute Gasteiger partial charge is 0.416 e. The highest BCUT2D eigenvalue weighted by molar-refractivity contribution is 8.15. The molecule has 0 amide bonds. The van der Waals surface area contributed by atoms with Crippen molar-refractivity contribution in [3.8, 4) is 6.07 Å². The highest BCUT2D eigenvalue weighted by atomic mass is 32.2. The molecule has 0 aromatic heterocycles. The molecule has 120 valence electrons. The van der Waals surface area contributed by atoms with E-state index in [0.717, 1.165) is 24.1 Å². The topological polar surface area (TPSA) is 70.3 Å². The Balaban J connectivity index is 3.42. The summed E-state index contributed by atoms with van der Waals surface area (Å²) in [4.78, 5) is 3.69. The Morgan fingerprint density at radius 2 is 1.95 bits per heavy atom. The number of nitrogens with zero attached hydrogens (tertiary/aromatic N) is 2. The standard InChI is InChI=1S/C12H10F4N2O2S2/c1-21-11(10(6-17)22(2,19)20)18-9-4-7(12(14,15)16)3-8(13)5-9/h3-5,10H,1-2H3. The van der Waals surface area contributed by atoms with Crippen LogP contribution in [0.2, 0.25) is 0 Å². The monoisotopic (exact) mass is 354 g/mol. The summed E-state index contributed by atoms with van der Waals surface area (Å²) >= 11 is 0.788. The molecule has 0 N–H and O–H groups in total. The van der Waals surface area contributed by atoms with Crippen LogP contribution in [0, 0.1) is 17.1 Å². The van der Waals surface area contributed by atoms with Gasteiger partial charge in [-0.3, -0.25) is 0 Å². The van der Waals surface area contributed by atoms with Crippen LogP contribution in [-0.2, 0) is 16.0 Å². The third kappa shape index (κ3) is 4.71. The van der Waals surface area contributed by atoms with Gasteiger partial charge in [0.2, 0.25) is 0 Å². The van der Waals surface area contributed by atoms with Crippen molar-refractivity contribution in [2.75, 3.05) is 12.5 Å². The molecule has 1 aromatic carbocycles. The number of halogens is 4. The van der Waals surface area contributed by atoms with Crippen molar-refractivity contribution in [2.45, 2.75) is 11.4 Å². The van der Waals surface area contributed by atoms with Crippen LogP contribution >= 0.6 is 11.8 Å². The van der Waals surface area contributed by atoms with Crippen molar-refractivity contribution in [3.63, 3.8) is 0 Å². The van der Waals surface area contributed by atoms with Gasteiger partial charge in [-0.2, -0.15) is 18.4 Å². The molecule has 10 heteroatoms. The average molecular weight is 354 g/mol. The normalized spacial score (nSPS) is 14.5. The second kappa shape index (κ2) is 6.66. The molecule has 0 saturated heterocycles. The van der Waals surface area contributed by atoms with Crippen molar-refractivity contribution in [1.82, 2.24) is 0 Å². The van der Waals surface area contributed by atoms with Gasteiger partial charge in [-0.25, -0.2) is 17.8 Å². The van der Waals surface area contributed by atoms with Crippen LogP contribution in [0.5, 0.6) is 0 Å². The van der Waals surface area contributed by atoms with Crippen LogP contribution in [0.3, 0.4) is 0 Å². The molecule has 1 aromatic rings. The maximum absolute atomic E-state index is 13.3. The quantitative estimate of drug-likeness (QED) is 0.475. The molecule has 0 aliphatic heterocycles. The van der Waals surface area contributed by atoms with Gasteiger partial charge in [0, 0.05) is 6.26 Å². The van der Waals surface area contributed by atoms with Gasteiger partial charge < -0.3 is 0 Å². The molecule has 0 saturated carbocycles. The number of aliphatic imine (C=N–C) groups is 1. The molecule has 4 nitrogen and oxygen atoms in total. The van der Waals surface area contributed by atoms with Crippen molar-refractivity contribution in [1.29, 1.82) is 5.26 Å². The first kappa shape index (κ1) is 18.4. The predicted molar refractivity (Wildman–Crippen MR) is 76.3 cm³/mol. The zero-order valence-corrected chi connectivity index (χ0v) is 13.0. The molecule has 0 aliphatic carbocycles. The number of sulfone groups is 1. The third-order valence-electron chi connectivity index (χ3n) is 2.43. The summed E-state index contributed by atoms with van der Waals surface area (Å²) in [6.07, 6.45) is -2.55. The smallest absolute Gasteiger partial charge is 0.244 e. The van der Waals surface area contributed by atoms with Crippen molar-refractivity contribution >= 4 is 32.3 Å². The van der Waals surface area contributed by atoms with E-state index in [2.05, 4.69) is 4.99 Å². The molecule has 0 aliphatic rings. The van der Waals surface area contributed by atoms with Crippen LogP contribution < -0.4 is 0 Å². The SMILES string of the molecule is CSC(=Nc1cc(F)cc(C(F)(F)F)c1)C(C#N)S(C)(=O)=O. The number of rotatable bonds is 3. The zero-order valence-electron chi connectivity index (χ0n) is 11.3. The number of hydrogen-bond donors (Lipinski definition) is 0. The maximum atomic E-state index is 13.3. The molecule has 0 heterocycles. The van der Waals surface area contributed by atoms with E-state index in [1.165, 1.54) is 12.3 Å². The Kier molecular flexibility index (Phi) is 5.59. The molecule has 1 rings (SSSR count). The molecular weight excluding hydrogens is 344 g/mol. The van der Waals surface area contributed by atoms with Gasteiger partial charge in [-0.05, 0) is 24.5 Å². The highest BCUT2D eigenvalue weighted by Crippen LogP contribution is 2.33. The van der Waals surface area contributed by atoms with Crippen LogP contribution in [0.15, 0.2) is 23.2 Å². The van der Waals surface area contributed by atoms with Gasteiger partial charge in [0.1, 0.15) is 10.9 Å². The number of benzene rings is 1. The molecule has 0 bridgehead atoms. The van der Waals surface area contributed by atoms with Crippen LogP contribution in [0.4, 0.5) is 23.2 Å². The summed E-state index contributed by atoms with van der Waals surface area (Å²) in [6.45, 7) is 0. The van der Waals surface area contributed by atoms with Crippen molar-refractivity contribution < 1.29 is 26.0 Å². The Bertz CT molecular complexity index is 736. The molecule has 0 spiro atoms. The number of hydrogen-bond acceptors (Lipinski definition) is 5. The number of nitriles is 1. The Morgan fingerprint density at radius 1 is 1.36 bits per heavy atom. The fourth-order valence-electron chi connectivity index (χ4n) is 1.48. The van der Waals surface area contributed by atoms with E-state index >= 15 is 0 Å². The van der Waals surface area contributed by atoms with E-state index in [4.69, 9.17) is 5.26 Å². The third-order valence-corrected chi connectivity index (χ3v) is 4.51. The van der Waals surface area contributed by atoms with E-state index in [1.807, 2.05) is 0 Å². The Morgan fingerprint density at radius 3 is 2.36 bits per heavy atom. The summed E-state index contributed by atoms with van der Waals surface area (Å²) in [5, 5.41) is 7.04. The lowest BCUT2D eigenvalue weighted by atomic mass is 10.2. The first-order valence-corrected chi connectivity index (χ1v) is 8.76. The highest BCUT2D eigenvalue weighted by Gasteiger charge is 2.32. The summed E-state index contributed by atoms with van der Waals surface area (Å²) < 4.78 is 74.1. The average Bonchev–Trinajstić information content (AvgIpc) is 2.35. The minimum absolute atomic E-state index is 0.233. The lowest BCUT2D eigenvalue weighted by Crippen LogP contribution is -2.25. The molecule has 22 heavy (non-hydrogen) atoms. The summed E-state index contributed by atoms with van der Waals surface area (Å²) in [7, 11) is -3.82. The van der Waals surface area contributed by atoms with Crippen LogP contribution in [-0.4, -0.2) is 31.2 Å². The summed E-state index contributed by atoms with van der Waals surface area (Å²) in [6, 6.07) is 3.12. The lowest BCUT2D eigenvalue weighted by molar-refractivity contribution is -0.137. The van der Waals surface area contributed by atoms with Gasteiger partial charge in [-0.1, -0.05) is 0 Å². The molecule has 0 radical (unpaired) electrons. The molecule has 0 fully saturated rings. The minimum atomic E-state index is -4.77. The second-order valence-corrected chi connectivity index (χ2v) is 7.15. The summed E-state index contributed by atoms with van der Waals surface area (Å²) in [5.74, 6) is -1.16. The van der Waals surface area contributed by atoms with Crippen molar-refractivity contribution in [2.24, 2.45) is 4.99 Å². The van der Waals surface area contributed by atoms with Gasteiger partial charge in [-0.15, -0.1) is 11.8 Å². The van der Waals surface area contributed by atoms with Crippen molar-refractivity contribution in [3.05, 3.63) is 29.6 Å². The first-order valence-electron chi connectivity index (χ1n) is 5.58. The zero-order chi connectivity index (χ0) is 17.1. The van der Waals surface area contributed by atoms with E-state index in [9.17, 15) is 26.0 Å². The van der Waals surface area contributed by atoms with Crippen LogP contribution in [0.1, 0.15) is 5.56 Å². The minimum Gasteiger partial charge on any atom is -0.244 e. The molecule has 1 unspecified atom stereocenters. The van der Waals surface area contributed by atoms with Gasteiger partial charge >= 0.3 is 6.18 Å². The Hall–Kier alpha value is -1.60. The fourth-order valence-corrected chi connectivity index (χ4v) is 3.36. The van der Waals surface area contributed by atoms with Crippen LogP contribution in [0.25, 0.3) is 0 Å². The maximum Gasteiger partial charge on any atom is 0.416 e. The number of thioether (sulfide) groups is 1.